The molecular weight excluding hydrogens is 190 g/mol. The predicted octanol–water partition coefficient (Wildman–Crippen LogP) is 0.992. The fraction of sp³-hybridized carbons (Fsp3) is 0. The van der Waals surface area contributed by atoms with E-state index in [2.05, 4.69) is 15.0 Å². The van der Waals surface area contributed by atoms with Gasteiger partial charge in [0, 0.05) is 6.20 Å². The van der Waals surface area contributed by atoms with Crippen LogP contribution in [0, 0.1) is 11.3 Å². The molecular formula is C10H7N5. The zero-order chi connectivity index (χ0) is 10.7. The molecule has 0 aromatic carbocycles. The predicted molar refractivity (Wildman–Crippen MR) is 54.4 cm³/mol. The first-order valence-corrected chi connectivity index (χ1v) is 4.23. The van der Waals surface area contributed by atoms with Gasteiger partial charge >= 0.3 is 0 Å². The van der Waals surface area contributed by atoms with Crippen molar-refractivity contribution in [3.05, 3.63) is 36.3 Å². The molecule has 2 heterocycles. The van der Waals surface area contributed by atoms with Crippen LogP contribution in [-0.2, 0) is 0 Å². The molecule has 2 aromatic rings. The minimum atomic E-state index is 0.368. The van der Waals surface area contributed by atoms with Gasteiger partial charge in [0.1, 0.15) is 17.6 Å². The summed E-state index contributed by atoms with van der Waals surface area (Å²) in [5, 5.41) is 8.60. The van der Waals surface area contributed by atoms with Gasteiger partial charge in [-0.2, -0.15) is 5.26 Å². The Kier molecular flexibility index (Phi) is 2.25. The molecule has 0 aliphatic heterocycles. The maximum Gasteiger partial charge on any atom is 0.141 e. The Balaban J connectivity index is 2.38. The quantitative estimate of drug-likeness (QED) is 0.736. The second kappa shape index (κ2) is 3.72. The molecule has 2 N–H and O–H groups in total. The summed E-state index contributed by atoms with van der Waals surface area (Å²) >= 11 is 0. The number of nitriles is 1. The van der Waals surface area contributed by atoms with Crippen LogP contribution in [0.1, 0.15) is 5.56 Å². The Labute approximate surface area is 86.2 Å². The molecule has 0 bridgehead atoms. The van der Waals surface area contributed by atoms with Crippen molar-refractivity contribution in [2.45, 2.75) is 0 Å². The van der Waals surface area contributed by atoms with Crippen LogP contribution in [0.3, 0.4) is 0 Å². The van der Waals surface area contributed by atoms with Crippen LogP contribution >= 0.6 is 0 Å². The van der Waals surface area contributed by atoms with E-state index in [0.717, 1.165) is 0 Å². The summed E-state index contributed by atoms with van der Waals surface area (Å²) in [6.45, 7) is 0. The van der Waals surface area contributed by atoms with Gasteiger partial charge < -0.3 is 5.73 Å². The van der Waals surface area contributed by atoms with Gasteiger partial charge in [0.25, 0.3) is 0 Å². The molecule has 0 spiro atoms. The summed E-state index contributed by atoms with van der Waals surface area (Å²) < 4.78 is 0. The average molecular weight is 197 g/mol. The van der Waals surface area contributed by atoms with E-state index in [1.807, 2.05) is 6.07 Å². The third-order valence-electron chi connectivity index (χ3n) is 1.83. The van der Waals surface area contributed by atoms with E-state index in [-0.39, 0.29) is 0 Å². The lowest BCUT2D eigenvalue weighted by molar-refractivity contribution is 1.18. The Bertz CT molecular complexity index is 495. The highest BCUT2D eigenvalue weighted by Gasteiger charge is 2.01. The normalized spacial score (nSPS) is 9.53. The molecule has 15 heavy (non-hydrogen) atoms. The molecule has 0 aliphatic carbocycles. The van der Waals surface area contributed by atoms with E-state index in [4.69, 9.17) is 11.0 Å². The molecule has 5 nitrogen and oxygen atoms in total. The number of nitrogens with two attached hydrogens (primary N) is 1. The average Bonchev–Trinajstić information content (AvgIpc) is 2.30. The van der Waals surface area contributed by atoms with E-state index >= 15 is 0 Å². The van der Waals surface area contributed by atoms with Crippen LogP contribution in [0.15, 0.2) is 30.7 Å². The van der Waals surface area contributed by atoms with Gasteiger partial charge in [-0.05, 0) is 12.1 Å². The maximum atomic E-state index is 8.60. The van der Waals surface area contributed by atoms with Crippen molar-refractivity contribution in [1.29, 1.82) is 5.26 Å². The SMILES string of the molecule is N#Cc1ccc(-c2cnc(N)cn2)nc1. The highest BCUT2D eigenvalue weighted by atomic mass is 14.9. The second-order valence-corrected chi connectivity index (χ2v) is 2.87. The molecule has 0 saturated carbocycles. The van der Waals surface area contributed by atoms with Crippen LogP contribution in [0.4, 0.5) is 5.82 Å². The minimum Gasteiger partial charge on any atom is -0.382 e. The lowest BCUT2D eigenvalue weighted by Crippen LogP contribution is -1.93. The number of hydrogen-bond acceptors (Lipinski definition) is 5. The van der Waals surface area contributed by atoms with Crippen molar-refractivity contribution in [3.63, 3.8) is 0 Å². The summed E-state index contributed by atoms with van der Waals surface area (Å²) in [4.78, 5) is 12.1. The number of hydrogen-bond donors (Lipinski definition) is 1. The number of nitrogens with zero attached hydrogens (tertiary/aromatic N) is 4. The molecule has 2 aromatic heterocycles. The molecule has 5 heteroatoms. The number of rotatable bonds is 1. The molecule has 2 rings (SSSR count). The first-order valence-electron chi connectivity index (χ1n) is 4.23. The van der Waals surface area contributed by atoms with Crippen molar-refractivity contribution in [2.75, 3.05) is 5.73 Å². The first kappa shape index (κ1) is 9.09. The summed E-state index contributed by atoms with van der Waals surface area (Å²) in [6.07, 6.45) is 4.51. The first-order chi connectivity index (χ1) is 7.29. The number of pyridine rings is 1. The monoisotopic (exact) mass is 197 g/mol. The number of aromatic nitrogens is 3. The fourth-order valence-corrected chi connectivity index (χ4v) is 1.08. The van der Waals surface area contributed by atoms with Crippen molar-refractivity contribution in [1.82, 2.24) is 15.0 Å². The van der Waals surface area contributed by atoms with Crippen LogP contribution in [-0.4, -0.2) is 15.0 Å². The molecule has 0 unspecified atom stereocenters. The Hall–Kier alpha value is -2.48. The molecule has 0 aliphatic rings. The van der Waals surface area contributed by atoms with Crippen molar-refractivity contribution >= 4 is 5.82 Å². The van der Waals surface area contributed by atoms with Gasteiger partial charge in [-0.1, -0.05) is 0 Å². The topological polar surface area (TPSA) is 88.5 Å². The standard InChI is InChI=1S/C10H7N5/c11-3-7-1-2-8(13-4-7)9-5-15-10(12)6-14-9/h1-2,4-6H,(H2,12,15). The van der Waals surface area contributed by atoms with Crippen LogP contribution in [0.25, 0.3) is 11.4 Å². The van der Waals surface area contributed by atoms with Crippen molar-refractivity contribution < 1.29 is 0 Å². The lowest BCUT2D eigenvalue weighted by atomic mass is 10.2. The van der Waals surface area contributed by atoms with E-state index in [1.165, 1.54) is 12.4 Å². The van der Waals surface area contributed by atoms with Gasteiger partial charge in [-0.3, -0.25) is 4.98 Å². The van der Waals surface area contributed by atoms with E-state index in [9.17, 15) is 0 Å². The number of anilines is 1. The number of nitrogen functional groups attached to an aromatic ring is 1. The Morgan fingerprint density at radius 1 is 1.00 bits per heavy atom. The minimum absolute atomic E-state index is 0.368. The maximum absolute atomic E-state index is 8.60. The van der Waals surface area contributed by atoms with Crippen LogP contribution < -0.4 is 5.73 Å². The van der Waals surface area contributed by atoms with E-state index in [0.29, 0.717) is 22.8 Å². The second-order valence-electron chi connectivity index (χ2n) is 2.87. The third kappa shape index (κ3) is 1.89. The largest absolute Gasteiger partial charge is 0.382 e. The van der Waals surface area contributed by atoms with Crippen molar-refractivity contribution in [3.8, 4) is 17.5 Å². The zero-order valence-electron chi connectivity index (χ0n) is 7.75. The fourth-order valence-electron chi connectivity index (χ4n) is 1.08. The van der Waals surface area contributed by atoms with E-state index in [1.54, 1.807) is 18.3 Å². The third-order valence-corrected chi connectivity index (χ3v) is 1.83. The molecule has 72 valence electrons. The summed E-state index contributed by atoms with van der Waals surface area (Å²) in [5.41, 5.74) is 7.23. The Morgan fingerprint density at radius 2 is 1.80 bits per heavy atom. The van der Waals surface area contributed by atoms with Crippen LogP contribution in [0.2, 0.25) is 0 Å². The van der Waals surface area contributed by atoms with E-state index < -0.39 is 0 Å². The van der Waals surface area contributed by atoms with Crippen molar-refractivity contribution in [2.24, 2.45) is 0 Å². The molecule has 0 atom stereocenters. The summed E-state index contributed by atoms with van der Waals surface area (Å²) in [6, 6.07) is 5.40. The van der Waals surface area contributed by atoms with Gasteiger partial charge in [-0.15, -0.1) is 0 Å². The molecule has 0 radical (unpaired) electrons. The van der Waals surface area contributed by atoms with Gasteiger partial charge in [0.05, 0.1) is 23.7 Å². The van der Waals surface area contributed by atoms with Gasteiger partial charge in [0.2, 0.25) is 0 Å². The van der Waals surface area contributed by atoms with Gasteiger partial charge in [-0.25, -0.2) is 9.97 Å². The summed E-state index contributed by atoms with van der Waals surface area (Å²) in [7, 11) is 0. The van der Waals surface area contributed by atoms with Crippen LogP contribution in [0.5, 0.6) is 0 Å². The molecule has 0 amide bonds. The summed E-state index contributed by atoms with van der Waals surface area (Å²) in [5.74, 6) is 0.368. The smallest absolute Gasteiger partial charge is 0.141 e. The molecule has 0 saturated heterocycles. The highest BCUT2D eigenvalue weighted by molar-refractivity contribution is 5.54. The molecule has 0 fully saturated rings. The Morgan fingerprint density at radius 3 is 2.33 bits per heavy atom. The highest BCUT2D eigenvalue weighted by Crippen LogP contribution is 2.13. The lowest BCUT2D eigenvalue weighted by Gasteiger charge is -1.98. The van der Waals surface area contributed by atoms with Gasteiger partial charge in [0.15, 0.2) is 0 Å². The zero-order valence-corrected chi connectivity index (χ0v) is 7.75.